The molecule has 0 aliphatic carbocycles. The highest BCUT2D eigenvalue weighted by Crippen LogP contribution is 2.32. The lowest BCUT2D eigenvalue weighted by molar-refractivity contribution is 0.321. The summed E-state index contributed by atoms with van der Waals surface area (Å²) < 4.78 is 35.1. The third kappa shape index (κ3) is 5.16. The second-order valence-electron chi connectivity index (χ2n) is 8.25. The van der Waals surface area contributed by atoms with E-state index in [2.05, 4.69) is 10.1 Å². The normalized spacial score (nSPS) is 12.2. The molecule has 3 rings (SSSR count). The molecule has 0 amide bonds. The summed E-state index contributed by atoms with van der Waals surface area (Å²) in [6.45, 7) is 8.07. The molecule has 0 bridgehead atoms. The number of nitrogens with one attached hydrogen (secondary N) is 1. The maximum absolute atomic E-state index is 13.3. The first kappa shape index (κ1) is 25.9. The van der Waals surface area contributed by atoms with Crippen LogP contribution < -0.4 is 10.3 Å². The number of nitrogens with zero attached hydrogens (tertiary/aromatic N) is 5. The number of hydrogen-bond donors (Lipinski definition) is 1. The first-order chi connectivity index (χ1) is 16.1. The topological polar surface area (TPSA) is 113 Å². The van der Waals surface area contributed by atoms with E-state index in [0.29, 0.717) is 48.5 Å². The van der Waals surface area contributed by atoms with E-state index < -0.39 is 10.0 Å². The fourth-order valence-corrected chi connectivity index (χ4v) is 4.87. The van der Waals surface area contributed by atoms with Crippen LogP contribution in [0.4, 0.5) is 0 Å². The van der Waals surface area contributed by atoms with E-state index in [4.69, 9.17) is 9.72 Å². The van der Waals surface area contributed by atoms with Gasteiger partial charge in [0.2, 0.25) is 10.0 Å². The monoisotopic (exact) mass is 490 g/mol. The van der Waals surface area contributed by atoms with E-state index in [1.54, 1.807) is 20.2 Å². The van der Waals surface area contributed by atoms with Gasteiger partial charge < -0.3 is 14.6 Å². The second-order valence-corrected chi connectivity index (χ2v) is 10.3. The Morgan fingerprint density at radius 2 is 1.88 bits per heavy atom. The predicted molar refractivity (Wildman–Crippen MR) is 133 cm³/mol. The Morgan fingerprint density at radius 1 is 1.15 bits per heavy atom. The van der Waals surface area contributed by atoms with E-state index in [1.165, 1.54) is 21.1 Å². The predicted octanol–water partition coefficient (Wildman–Crippen LogP) is 2.25. The van der Waals surface area contributed by atoms with Gasteiger partial charge >= 0.3 is 0 Å². The maximum atomic E-state index is 13.3. The number of benzene rings is 1. The molecule has 0 unspecified atom stereocenters. The Balaban J connectivity index is 2.13. The second kappa shape index (κ2) is 10.7. The minimum atomic E-state index is -3.76. The van der Waals surface area contributed by atoms with Crippen LogP contribution in [0.15, 0.2) is 27.9 Å². The van der Waals surface area contributed by atoms with Gasteiger partial charge in [-0.25, -0.2) is 13.4 Å². The molecule has 3 aromatic rings. The molecule has 34 heavy (non-hydrogen) atoms. The van der Waals surface area contributed by atoms with E-state index in [1.807, 2.05) is 32.7 Å². The zero-order valence-corrected chi connectivity index (χ0v) is 21.6. The summed E-state index contributed by atoms with van der Waals surface area (Å²) in [5.41, 5.74) is 1.70. The van der Waals surface area contributed by atoms with Crippen LogP contribution in [0.3, 0.4) is 0 Å². The molecule has 1 N–H and O–H groups in total. The van der Waals surface area contributed by atoms with Gasteiger partial charge in [0.25, 0.3) is 5.56 Å². The average Bonchev–Trinajstić information content (AvgIpc) is 3.13. The lowest BCUT2D eigenvalue weighted by Crippen LogP contribution is -2.34. The molecule has 0 saturated carbocycles. The van der Waals surface area contributed by atoms with Gasteiger partial charge in [-0.15, -0.1) is 0 Å². The molecular formula is C23H34N6O4S. The summed E-state index contributed by atoms with van der Waals surface area (Å²) in [6, 6.07) is 4.64. The highest BCUT2D eigenvalue weighted by atomic mass is 32.2. The molecule has 1 aromatic carbocycles. The minimum absolute atomic E-state index is 0.107. The Hall–Kier alpha value is -2.76. The van der Waals surface area contributed by atoms with Crippen molar-refractivity contribution in [2.75, 3.05) is 40.3 Å². The van der Waals surface area contributed by atoms with Gasteiger partial charge in [0.15, 0.2) is 5.52 Å². The Morgan fingerprint density at radius 3 is 2.53 bits per heavy atom. The van der Waals surface area contributed by atoms with Crippen molar-refractivity contribution in [3.8, 4) is 17.1 Å². The molecule has 11 heteroatoms. The van der Waals surface area contributed by atoms with E-state index in [9.17, 15) is 13.2 Å². The zero-order chi connectivity index (χ0) is 25.0. The van der Waals surface area contributed by atoms with Crippen molar-refractivity contribution in [3.63, 3.8) is 0 Å². The third-order valence-corrected chi connectivity index (χ3v) is 7.65. The number of H-pyrrole nitrogens is 1. The van der Waals surface area contributed by atoms with Crippen molar-refractivity contribution < 1.29 is 13.2 Å². The number of sulfonamides is 1. The molecule has 0 fully saturated rings. The third-order valence-electron chi connectivity index (χ3n) is 5.80. The number of hydrogen-bond acceptors (Lipinski definition) is 7. The Labute approximate surface area is 200 Å². The zero-order valence-electron chi connectivity index (χ0n) is 20.8. The van der Waals surface area contributed by atoms with Crippen LogP contribution in [0.5, 0.6) is 5.75 Å². The van der Waals surface area contributed by atoms with Gasteiger partial charge in [-0.2, -0.15) is 9.40 Å². The standard InChI is InChI=1S/C23H34N6O4S/c1-7-10-18-20-21(29(6)26-18)23(30)25-22(24-20)17-15-16(11-12-19(17)33-9-3)34(31,32)28(5)14-13-27(4)8-2/h11-12,15H,7-10,13-14H2,1-6H3,(H,24,25,30). The molecule has 0 aliphatic heterocycles. The average molecular weight is 491 g/mol. The quantitative estimate of drug-likeness (QED) is 0.438. The van der Waals surface area contributed by atoms with Crippen LogP contribution in [0.1, 0.15) is 32.9 Å². The fraction of sp³-hybridized carbons (Fsp3) is 0.522. The maximum Gasteiger partial charge on any atom is 0.277 e. The van der Waals surface area contributed by atoms with Crippen LogP contribution in [-0.4, -0.2) is 77.7 Å². The summed E-state index contributed by atoms with van der Waals surface area (Å²) in [7, 11) is 1.46. The Kier molecular flexibility index (Phi) is 8.11. The number of aromatic nitrogens is 4. The Bertz CT molecular complexity index is 1310. The molecule has 0 radical (unpaired) electrons. The number of fused-ring (bicyclic) bond motifs is 1. The number of aryl methyl sites for hydroxylation is 2. The molecule has 2 heterocycles. The summed E-state index contributed by atoms with van der Waals surface area (Å²) in [5, 5.41) is 4.45. The van der Waals surface area contributed by atoms with Crippen molar-refractivity contribution in [1.82, 2.24) is 29.0 Å². The van der Waals surface area contributed by atoms with Gasteiger partial charge in [0, 0.05) is 27.2 Å². The summed E-state index contributed by atoms with van der Waals surface area (Å²) >= 11 is 0. The fourth-order valence-electron chi connectivity index (χ4n) is 3.69. The first-order valence-corrected chi connectivity index (χ1v) is 13.0. The number of ether oxygens (including phenoxy) is 1. The number of rotatable bonds is 11. The molecule has 186 valence electrons. The molecule has 0 atom stereocenters. The van der Waals surface area contributed by atoms with Crippen molar-refractivity contribution in [2.45, 2.75) is 38.5 Å². The largest absolute Gasteiger partial charge is 0.493 e. The van der Waals surface area contributed by atoms with Crippen LogP contribution in [0.25, 0.3) is 22.4 Å². The van der Waals surface area contributed by atoms with E-state index >= 15 is 0 Å². The number of likely N-dealkylation sites (N-methyl/N-ethyl adjacent to an activating group) is 2. The first-order valence-electron chi connectivity index (χ1n) is 11.5. The summed E-state index contributed by atoms with van der Waals surface area (Å²) in [5.74, 6) is 0.690. The summed E-state index contributed by atoms with van der Waals surface area (Å²) in [4.78, 5) is 22.6. The van der Waals surface area contributed by atoms with Crippen molar-refractivity contribution >= 4 is 21.1 Å². The van der Waals surface area contributed by atoms with Crippen LogP contribution in [0.2, 0.25) is 0 Å². The molecule has 0 aliphatic rings. The highest BCUT2D eigenvalue weighted by Gasteiger charge is 2.24. The van der Waals surface area contributed by atoms with Crippen LogP contribution >= 0.6 is 0 Å². The van der Waals surface area contributed by atoms with Gasteiger partial charge in [-0.05, 0) is 45.1 Å². The van der Waals surface area contributed by atoms with Crippen LogP contribution in [0, 0.1) is 0 Å². The van der Waals surface area contributed by atoms with Crippen molar-refractivity contribution in [1.29, 1.82) is 0 Å². The minimum Gasteiger partial charge on any atom is -0.493 e. The van der Waals surface area contributed by atoms with Gasteiger partial charge in [-0.1, -0.05) is 20.3 Å². The van der Waals surface area contributed by atoms with Gasteiger partial charge in [-0.3, -0.25) is 9.48 Å². The lowest BCUT2D eigenvalue weighted by Gasteiger charge is -2.21. The van der Waals surface area contributed by atoms with E-state index in [0.717, 1.165) is 18.7 Å². The molecular weight excluding hydrogens is 456 g/mol. The molecule has 2 aromatic heterocycles. The molecule has 10 nitrogen and oxygen atoms in total. The smallest absolute Gasteiger partial charge is 0.277 e. The van der Waals surface area contributed by atoms with Crippen LogP contribution in [-0.2, 0) is 23.5 Å². The molecule has 0 spiro atoms. The number of aromatic amines is 1. The van der Waals surface area contributed by atoms with Gasteiger partial charge in [0.05, 0.1) is 22.8 Å². The summed E-state index contributed by atoms with van der Waals surface area (Å²) in [6.07, 6.45) is 1.53. The van der Waals surface area contributed by atoms with E-state index in [-0.39, 0.29) is 16.3 Å². The molecule has 0 saturated heterocycles. The SMILES string of the molecule is CCCc1nn(C)c2c(=O)[nH]c(-c3cc(S(=O)(=O)N(C)CCN(C)CC)ccc3OCC)nc12. The lowest BCUT2D eigenvalue weighted by atomic mass is 10.1. The van der Waals surface area contributed by atoms with Gasteiger partial charge in [0.1, 0.15) is 17.1 Å². The van der Waals surface area contributed by atoms with Crippen molar-refractivity contribution in [2.24, 2.45) is 7.05 Å². The van der Waals surface area contributed by atoms with Crippen molar-refractivity contribution in [3.05, 3.63) is 34.2 Å². The highest BCUT2D eigenvalue weighted by molar-refractivity contribution is 7.89.